The van der Waals surface area contributed by atoms with Crippen LogP contribution in [-0.4, -0.2) is 65.2 Å². The minimum Gasteiger partial charge on any atom is -0.496 e. The summed E-state index contributed by atoms with van der Waals surface area (Å²) in [5.41, 5.74) is 2.13. The third-order valence-electron chi connectivity index (χ3n) is 5.66. The van der Waals surface area contributed by atoms with Crippen LogP contribution in [0.4, 0.5) is 0 Å². The van der Waals surface area contributed by atoms with Crippen LogP contribution in [0.5, 0.6) is 5.75 Å². The molecule has 1 aliphatic heterocycles. The number of hydrogen-bond donors (Lipinski definition) is 1. The molecule has 0 saturated carbocycles. The first-order valence-electron chi connectivity index (χ1n) is 10.3. The molecule has 2 aromatic carbocycles. The van der Waals surface area contributed by atoms with Gasteiger partial charge in [0.25, 0.3) is 5.91 Å². The molecule has 1 N–H and O–H groups in total. The Labute approximate surface area is 187 Å². The Morgan fingerprint density at radius 3 is 2.39 bits per heavy atom. The maximum atomic E-state index is 13.2. The summed E-state index contributed by atoms with van der Waals surface area (Å²) in [6.07, 6.45) is 3.25. The van der Waals surface area contributed by atoms with Crippen molar-refractivity contribution in [3.8, 4) is 11.4 Å². The van der Waals surface area contributed by atoms with Gasteiger partial charge in [0, 0.05) is 51.2 Å². The molecule has 0 radical (unpaired) electrons. The number of ether oxygens (including phenoxy) is 1. The van der Waals surface area contributed by atoms with Gasteiger partial charge in [-0.15, -0.1) is 0 Å². The molecule has 1 aromatic heterocycles. The molecular weight excluding hydrogens is 414 g/mol. The lowest BCUT2D eigenvalue weighted by Crippen LogP contribution is -2.49. The van der Waals surface area contributed by atoms with Crippen molar-refractivity contribution in [1.29, 1.82) is 0 Å². The Hall–Kier alpha value is -2.80. The molecule has 1 aliphatic rings. The second-order valence-corrected chi connectivity index (χ2v) is 8.02. The van der Waals surface area contributed by atoms with Crippen molar-refractivity contribution in [2.45, 2.75) is 6.10 Å². The van der Waals surface area contributed by atoms with Crippen molar-refractivity contribution >= 4 is 17.5 Å². The summed E-state index contributed by atoms with van der Waals surface area (Å²) in [5, 5.41) is 11.0. The van der Waals surface area contributed by atoms with Crippen LogP contribution >= 0.6 is 11.6 Å². The Bertz CT molecular complexity index is 1020. The summed E-state index contributed by atoms with van der Waals surface area (Å²) in [6, 6.07) is 16.9. The molecule has 0 aliphatic carbocycles. The van der Waals surface area contributed by atoms with E-state index in [9.17, 15) is 9.90 Å². The van der Waals surface area contributed by atoms with Crippen LogP contribution < -0.4 is 4.74 Å². The monoisotopic (exact) mass is 439 g/mol. The normalized spacial score (nSPS) is 15.6. The molecule has 1 fully saturated rings. The fraction of sp³-hybridized carbons (Fsp3) is 0.292. The summed E-state index contributed by atoms with van der Waals surface area (Å²) in [4.78, 5) is 17.2. The Kier molecular flexibility index (Phi) is 6.61. The van der Waals surface area contributed by atoms with Gasteiger partial charge in [0.2, 0.25) is 0 Å². The van der Waals surface area contributed by atoms with E-state index in [0.717, 1.165) is 11.3 Å². The highest BCUT2D eigenvalue weighted by molar-refractivity contribution is 6.33. The molecule has 2 heterocycles. The van der Waals surface area contributed by atoms with Crippen molar-refractivity contribution < 1.29 is 14.6 Å². The van der Waals surface area contributed by atoms with E-state index in [-0.39, 0.29) is 5.91 Å². The SMILES string of the molecule is COc1cc(-n2cccc2)c(Cl)cc1C(=O)N1CCN(CC(O)c2ccccc2)CC1. The van der Waals surface area contributed by atoms with Crippen LogP contribution in [-0.2, 0) is 0 Å². The molecule has 6 nitrogen and oxygen atoms in total. The van der Waals surface area contributed by atoms with Crippen molar-refractivity contribution in [3.05, 3.63) is 83.1 Å². The molecule has 1 saturated heterocycles. The van der Waals surface area contributed by atoms with Gasteiger partial charge in [-0.25, -0.2) is 0 Å². The molecule has 0 spiro atoms. The highest BCUT2D eigenvalue weighted by Crippen LogP contribution is 2.31. The molecular formula is C24H26ClN3O3. The number of nitrogens with zero attached hydrogens (tertiary/aromatic N) is 3. The number of halogens is 1. The fourth-order valence-electron chi connectivity index (χ4n) is 3.90. The van der Waals surface area contributed by atoms with Crippen LogP contribution in [0.15, 0.2) is 67.0 Å². The number of rotatable bonds is 6. The standard InChI is InChI=1S/C24H26ClN3O3/c1-31-23-16-21(27-9-5-6-10-27)20(25)15-19(23)24(30)28-13-11-26(12-14-28)17-22(29)18-7-3-2-4-8-18/h2-10,15-16,22,29H,11-14,17H2,1H3. The molecule has 4 rings (SSSR count). The Balaban J connectivity index is 1.42. The lowest BCUT2D eigenvalue weighted by Gasteiger charge is -2.36. The number of carbonyl (C=O) groups excluding carboxylic acids is 1. The van der Waals surface area contributed by atoms with E-state index in [1.807, 2.05) is 64.3 Å². The molecule has 0 bridgehead atoms. The number of hydrogen-bond acceptors (Lipinski definition) is 4. The zero-order valence-corrected chi connectivity index (χ0v) is 18.2. The molecule has 7 heteroatoms. The van der Waals surface area contributed by atoms with Crippen LogP contribution in [0.25, 0.3) is 5.69 Å². The lowest BCUT2D eigenvalue weighted by atomic mass is 10.1. The maximum absolute atomic E-state index is 13.2. The van der Waals surface area contributed by atoms with Gasteiger partial charge in [-0.2, -0.15) is 0 Å². The number of piperazine rings is 1. The zero-order valence-electron chi connectivity index (χ0n) is 17.4. The molecule has 1 atom stereocenters. The third kappa shape index (κ3) is 4.77. The van der Waals surface area contributed by atoms with Crippen molar-refractivity contribution in [2.24, 2.45) is 0 Å². The van der Waals surface area contributed by atoms with Gasteiger partial charge < -0.3 is 19.3 Å². The molecule has 3 aromatic rings. The molecule has 31 heavy (non-hydrogen) atoms. The van der Waals surface area contributed by atoms with Crippen LogP contribution in [0.1, 0.15) is 22.0 Å². The number of aliphatic hydroxyl groups is 1. The number of amides is 1. The van der Waals surface area contributed by atoms with Gasteiger partial charge in [-0.05, 0) is 23.8 Å². The van der Waals surface area contributed by atoms with Crippen LogP contribution in [0.3, 0.4) is 0 Å². The zero-order chi connectivity index (χ0) is 21.8. The summed E-state index contributed by atoms with van der Waals surface area (Å²) < 4.78 is 7.40. The van der Waals surface area contributed by atoms with Gasteiger partial charge in [0.05, 0.1) is 29.5 Å². The first-order chi connectivity index (χ1) is 15.1. The lowest BCUT2D eigenvalue weighted by molar-refractivity contribution is 0.0525. The number of aromatic nitrogens is 1. The van der Waals surface area contributed by atoms with Gasteiger partial charge in [0.1, 0.15) is 5.75 Å². The first-order valence-corrected chi connectivity index (χ1v) is 10.7. The predicted octanol–water partition coefficient (Wildman–Crippen LogP) is 3.63. The third-order valence-corrected chi connectivity index (χ3v) is 5.96. The largest absolute Gasteiger partial charge is 0.496 e. The smallest absolute Gasteiger partial charge is 0.257 e. The van der Waals surface area contributed by atoms with E-state index in [0.29, 0.717) is 49.1 Å². The number of benzene rings is 2. The van der Waals surface area contributed by atoms with E-state index >= 15 is 0 Å². The number of β-amino-alcohol motifs (C(OH)–C–C–N with tert-alkyl or cyclic N) is 1. The van der Waals surface area contributed by atoms with Crippen LogP contribution in [0, 0.1) is 0 Å². The van der Waals surface area contributed by atoms with Gasteiger partial charge in [0.15, 0.2) is 0 Å². The second-order valence-electron chi connectivity index (χ2n) is 7.61. The number of methoxy groups -OCH3 is 1. The topological polar surface area (TPSA) is 57.9 Å². The summed E-state index contributed by atoms with van der Waals surface area (Å²) in [6.45, 7) is 3.12. The van der Waals surface area contributed by atoms with Gasteiger partial charge in [-0.3, -0.25) is 9.69 Å². The predicted molar refractivity (Wildman–Crippen MR) is 121 cm³/mol. The Morgan fingerprint density at radius 2 is 1.74 bits per heavy atom. The van der Waals surface area contributed by atoms with Crippen molar-refractivity contribution in [3.63, 3.8) is 0 Å². The average molecular weight is 440 g/mol. The maximum Gasteiger partial charge on any atom is 0.257 e. The van der Waals surface area contributed by atoms with E-state index in [4.69, 9.17) is 16.3 Å². The van der Waals surface area contributed by atoms with Crippen LogP contribution in [0.2, 0.25) is 5.02 Å². The molecule has 1 amide bonds. The minimum atomic E-state index is -0.538. The fourth-order valence-corrected chi connectivity index (χ4v) is 4.16. The minimum absolute atomic E-state index is 0.0962. The average Bonchev–Trinajstić information content (AvgIpc) is 3.34. The highest BCUT2D eigenvalue weighted by atomic mass is 35.5. The van der Waals surface area contributed by atoms with Gasteiger partial charge >= 0.3 is 0 Å². The highest BCUT2D eigenvalue weighted by Gasteiger charge is 2.26. The second kappa shape index (κ2) is 9.56. The van der Waals surface area contributed by atoms with E-state index < -0.39 is 6.10 Å². The summed E-state index contributed by atoms with van der Waals surface area (Å²) >= 11 is 6.49. The number of aliphatic hydroxyl groups excluding tert-OH is 1. The molecule has 162 valence electrons. The first kappa shape index (κ1) is 21.4. The molecule has 1 unspecified atom stereocenters. The van der Waals surface area contributed by atoms with E-state index in [2.05, 4.69) is 4.90 Å². The van der Waals surface area contributed by atoms with Crippen molar-refractivity contribution in [1.82, 2.24) is 14.4 Å². The van der Waals surface area contributed by atoms with E-state index in [1.54, 1.807) is 19.2 Å². The quantitative estimate of drug-likeness (QED) is 0.637. The summed E-state index contributed by atoms with van der Waals surface area (Å²) in [7, 11) is 1.56. The van der Waals surface area contributed by atoms with E-state index in [1.165, 1.54) is 0 Å². The van der Waals surface area contributed by atoms with Gasteiger partial charge in [-0.1, -0.05) is 41.9 Å². The van der Waals surface area contributed by atoms with Crippen molar-refractivity contribution in [2.75, 3.05) is 39.8 Å². The number of carbonyl (C=O) groups is 1. The summed E-state index contributed by atoms with van der Waals surface area (Å²) in [5.74, 6) is 0.404. The Morgan fingerprint density at radius 1 is 1.06 bits per heavy atom.